The van der Waals surface area contributed by atoms with Gasteiger partial charge in [0.15, 0.2) is 0 Å². The van der Waals surface area contributed by atoms with E-state index in [1.165, 1.54) is 5.57 Å². The van der Waals surface area contributed by atoms with Gasteiger partial charge in [0.1, 0.15) is 0 Å². The lowest BCUT2D eigenvalue weighted by Gasteiger charge is -2.23. The van der Waals surface area contributed by atoms with Gasteiger partial charge in [-0.2, -0.15) is 11.8 Å². The maximum atomic E-state index is 6.09. The monoisotopic (exact) mass is 215 g/mol. The van der Waals surface area contributed by atoms with Crippen LogP contribution in [0.25, 0.3) is 0 Å². The number of nitrogens with two attached hydrogens (primary N) is 1. The van der Waals surface area contributed by atoms with Crippen LogP contribution < -0.4 is 5.73 Å². The number of hydrogen-bond donors (Lipinski definition) is 1. The van der Waals surface area contributed by atoms with Gasteiger partial charge in [-0.25, -0.2) is 0 Å². The molecule has 0 fully saturated rings. The van der Waals surface area contributed by atoms with Crippen LogP contribution in [0.2, 0.25) is 0 Å². The fourth-order valence-electron chi connectivity index (χ4n) is 1.30. The van der Waals surface area contributed by atoms with Crippen molar-refractivity contribution in [3.05, 3.63) is 11.8 Å². The molecular formula is C11H21NOS. The van der Waals surface area contributed by atoms with Crippen LogP contribution in [0.4, 0.5) is 0 Å². The Morgan fingerprint density at radius 1 is 1.57 bits per heavy atom. The van der Waals surface area contributed by atoms with E-state index in [4.69, 9.17) is 10.5 Å². The number of rotatable bonds is 3. The van der Waals surface area contributed by atoms with Gasteiger partial charge in [-0.05, 0) is 18.4 Å². The lowest BCUT2D eigenvalue weighted by molar-refractivity contribution is 0.222. The first-order valence-corrected chi connectivity index (χ1v) is 6.18. The van der Waals surface area contributed by atoms with E-state index in [9.17, 15) is 0 Å². The van der Waals surface area contributed by atoms with Crippen LogP contribution in [-0.4, -0.2) is 23.1 Å². The maximum absolute atomic E-state index is 6.09. The number of ether oxygens (including phenoxy) is 1. The molecule has 2 nitrogen and oxygen atoms in total. The first kappa shape index (κ1) is 11.9. The lowest BCUT2D eigenvalue weighted by atomic mass is 10.0. The molecule has 0 amide bonds. The van der Waals surface area contributed by atoms with E-state index in [0.29, 0.717) is 4.75 Å². The van der Waals surface area contributed by atoms with Crippen molar-refractivity contribution in [3.63, 3.8) is 0 Å². The van der Waals surface area contributed by atoms with Crippen molar-refractivity contribution in [1.82, 2.24) is 0 Å². The zero-order chi connectivity index (χ0) is 10.6. The van der Waals surface area contributed by atoms with Gasteiger partial charge in [0.05, 0.1) is 12.9 Å². The van der Waals surface area contributed by atoms with Crippen molar-refractivity contribution in [2.24, 2.45) is 5.73 Å². The van der Waals surface area contributed by atoms with Crippen LogP contribution >= 0.6 is 11.8 Å². The molecule has 2 N–H and O–H groups in total. The summed E-state index contributed by atoms with van der Waals surface area (Å²) in [6.07, 6.45) is 4.07. The predicted molar refractivity (Wildman–Crippen MR) is 63.5 cm³/mol. The highest BCUT2D eigenvalue weighted by Gasteiger charge is 2.17. The van der Waals surface area contributed by atoms with Crippen LogP contribution in [0, 0.1) is 0 Å². The maximum Gasteiger partial charge on any atom is 0.0876 e. The van der Waals surface area contributed by atoms with Crippen molar-refractivity contribution in [2.45, 2.75) is 44.4 Å². The van der Waals surface area contributed by atoms with E-state index >= 15 is 0 Å². The topological polar surface area (TPSA) is 35.2 Å². The highest BCUT2D eigenvalue weighted by Crippen LogP contribution is 2.26. The third-order valence-electron chi connectivity index (χ3n) is 2.13. The quantitative estimate of drug-likeness (QED) is 0.786. The van der Waals surface area contributed by atoms with Crippen molar-refractivity contribution in [3.8, 4) is 0 Å². The second-order valence-electron chi connectivity index (χ2n) is 4.70. The molecule has 1 aliphatic rings. The van der Waals surface area contributed by atoms with Gasteiger partial charge in [-0.1, -0.05) is 20.8 Å². The molecule has 1 heterocycles. The van der Waals surface area contributed by atoms with Crippen LogP contribution in [0.1, 0.15) is 33.6 Å². The van der Waals surface area contributed by atoms with Gasteiger partial charge in [-0.3, -0.25) is 0 Å². The van der Waals surface area contributed by atoms with Crippen LogP contribution in [0.15, 0.2) is 11.8 Å². The molecule has 0 aromatic rings. The Kier molecular flexibility index (Phi) is 4.32. The summed E-state index contributed by atoms with van der Waals surface area (Å²) >= 11 is 1.91. The number of hydrogen-bond acceptors (Lipinski definition) is 3. The molecule has 3 heteroatoms. The molecular weight excluding hydrogens is 194 g/mol. The molecule has 1 aliphatic heterocycles. The lowest BCUT2D eigenvalue weighted by Crippen LogP contribution is -2.29. The van der Waals surface area contributed by atoms with E-state index in [1.54, 1.807) is 0 Å². The van der Waals surface area contributed by atoms with Gasteiger partial charge < -0.3 is 10.5 Å². The smallest absolute Gasteiger partial charge is 0.0876 e. The molecule has 0 aromatic carbocycles. The predicted octanol–water partition coefficient (Wildman–Crippen LogP) is 2.54. The van der Waals surface area contributed by atoms with E-state index < -0.39 is 0 Å². The van der Waals surface area contributed by atoms with E-state index in [2.05, 4.69) is 20.8 Å². The van der Waals surface area contributed by atoms with Crippen molar-refractivity contribution in [1.29, 1.82) is 0 Å². The molecule has 0 saturated heterocycles. The molecule has 0 saturated carbocycles. The normalized spacial score (nSPS) is 19.9. The van der Waals surface area contributed by atoms with E-state index in [0.717, 1.165) is 25.2 Å². The summed E-state index contributed by atoms with van der Waals surface area (Å²) in [5.41, 5.74) is 7.36. The molecule has 0 radical (unpaired) electrons. The summed E-state index contributed by atoms with van der Waals surface area (Å²) in [5.74, 6) is 0.985. The summed E-state index contributed by atoms with van der Waals surface area (Å²) in [6.45, 7) is 7.51. The summed E-state index contributed by atoms with van der Waals surface area (Å²) < 4.78 is 5.58. The fraction of sp³-hybridized carbons (Fsp3) is 0.818. The average molecular weight is 215 g/mol. The molecule has 82 valence electrons. The second kappa shape index (κ2) is 5.08. The van der Waals surface area contributed by atoms with Gasteiger partial charge in [0, 0.05) is 16.5 Å². The van der Waals surface area contributed by atoms with E-state index in [-0.39, 0.29) is 6.04 Å². The van der Waals surface area contributed by atoms with Gasteiger partial charge in [0.25, 0.3) is 0 Å². The minimum atomic E-state index is 0.166. The third-order valence-corrected chi connectivity index (χ3v) is 3.53. The molecule has 0 aliphatic carbocycles. The Morgan fingerprint density at radius 2 is 2.29 bits per heavy atom. The van der Waals surface area contributed by atoms with Crippen molar-refractivity contribution < 1.29 is 4.74 Å². The van der Waals surface area contributed by atoms with Crippen LogP contribution in [0.3, 0.4) is 0 Å². The Morgan fingerprint density at radius 3 is 2.79 bits per heavy atom. The highest BCUT2D eigenvalue weighted by molar-refractivity contribution is 8.00. The molecule has 1 rings (SSSR count). The average Bonchev–Trinajstić information content (AvgIpc) is 2.14. The SMILES string of the molecule is CC(C)(C)SCC(N)C1=COCCC1. The van der Waals surface area contributed by atoms with Gasteiger partial charge >= 0.3 is 0 Å². The highest BCUT2D eigenvalue weighted by atomic mass is 32.2. The van der Waals surface area contributed by atoms with Crippen LogP contribution in [-0.2, 0) is 4.74 Å². The van der Waals surface area contributed by atoms with Gasteiger partial charge in [-0.15, -0.1) is 0 Å². The molecule has 1 atom stereocenters. The molecule has 14 heavy (non-hydrogen) atoms. The first-order chi connectivity index (χ1) is 6.49. The second-order valence-corrected chi connectivity index (χ2v) is 6.54. The fourth-order valence-corrected chi connectivity index (χ4v) is 2.20. The third kappa shape index (κ3) is 4.38. The summed E-state index contributed by atoms with van der Waals surface area (Å²) in [6, 6.07) is 0.166. The Bertz CT molecular complexity index is 208. The first-order valence-electron chi connectivity index (χ1n) is 5.19. The zero-order valence-corrected chi connectivity index (χ0v) is 10.2. The Balaban J connectivity index is 2.34. The Hall–Kier alpha value is -0.150. The van der Waals surface area contributed by atoms with Crippen molar-refractivity contribution >= 4 is 11.8 Å². The summed E-state index contributed by atoms with van der Waals surface area (Å²) in [4.78, 5) is 0. The number of thioether (sulfide) groups is 1. The standard InChI is InChI=1S/C11H21NOS/c1-11(2,3)14-8-10(12)9-5-4-6-13-7-9/h7,10H,4-6,8,12H2,1-3H3. The molecule has 1 unspecified atom stereocenters. The minimum Gasteiger partial charge on any atom is -0.501 e. The largest absolute Gasteiger partial charge is 0.501 e. The molecule has 0 spiro atoms. The van der Waals surface area contributed by atoms with Crippen molar-refractivity contribution in [2.75, 3.05) is 12.4 Å². The molecule has 0 bridgehead atoms. The zero-order valence-electron chi connectivity index (χ0n) is 9.38. The summed E-state index contributed by atoms with van der Waals surface area (Å²) in [7, 11) is 0. The summed E-state index contributed by atoms with van der Waals surface area (Å²) in [5, 5.41) is 0. The minimum absolute atomic E-state index is 0.166. The Labute approximate surface area is 91.3 Å². The van der Waals surface area contributed by atoms with Gasteiger partial charge in [0.2, 0.25) is 0 Å². The van der Waals surface area contributed by atoms with E-state index in [1.807, 2.05) is 18.0 Å². The molecule has 0 aromatic heterocycles. The van der Waals surface area contributed by atoms with Crippen LogP contribution in [0.5, 0.6) is 0 Å².